The summed E-state index contributed by atoms with van der Waals surface area (Å²) in [6.45, 7) is 5.82. The van der Waals surface area contributed by atoms with Crippen LogP contribution < -0.4 is 15.5 Å². The lowest BCUT2D eigenvalue weighted by Crippen LogP contribution is -2.54. The summed E-state index contributed by atoms with van der Waals surface area (Å²) in [7, 11) is 0. The summed E-state index contributed by atoms with van der Waals surface area (Å²) >= 11 is 0. The maximum atomic E-state index is 12.9. The van der Waals surface area contributed by atoms with Gasteiger partial charge in [-0.3, -0.25) is 15.5 Å². The number of esters is 1. The Bertz CT molecular complexity index is 1310. The first-order valence-corrected chi connectivity index (χ1v) is 15.2. The Morgan fingerprint density at radius 1 is 0.889 bits per heavy atom. The number of amidine groups is 1. The molecule has 1 heterocycles. The van der Waals surface area contributed by atoms with Crippen LogP contribution in [0.1, 0.15) is 50.7 Å². The molecule has 0 radical (unpaired) electrons. The number of hydrogen-bond acceptors (Lipinski definition) is 10. The molecule has 1 aliphatic heterocycles. The van der Waals surface area contributed by atoms with E-state index in [9.17, 15) is 19.2 Å². The molecule has 2 aliphatic rings. The Balaban J connectivity index is 1.14. The van der Waals surface area contributed by atoms with E-state index < -0.39 is 24.5 Å². The van der Waals surface area contributed by atoms with E-state index in [-0.39, 0.29) is 37.0 Å². The number of rotatable bonds is 9. The quantitative estimate of drug-likeness (QED) is 0.121. The van der Waals surface area contributed by atoms with Crippen molar-refractivity contribution in [2.75, 3.05) is 37.7 Å². The van der Waals surface area contributed by atoms with Gasteiger partial charge in [-0.25, -0.2) is 14.4 Å². The molecule has 1 atom stereocenters. The zero-order valence-electron chi connectivity index (χ0n) is 25.7. The summed E-state index contributed by atoms with van der Waals surface area (Å²) in [5.74, 6) is -0.783. The molecule has 1 aliphatic carbocycles. The molecule has 2 aromatic carbocycles. The SMILES string of the molecule is CCOC(=O)OC(C)OC(=O)[C@H]1CC[C@H](NC(=O)N2CCN(c3ccc(C(=N)NC(=O)OCc4ccccc4)cc3)CC2)CC1. The van der Waals surface area contributed by atoms with Gasteiger partial charge in [0, 0.05) is 50.4 Å². The average Bonchev–Trinajstić information content (AvgIpc) is 3.04. The van der Waals surface area contributed by atoms with Crippen molar-refractivity contribution in [3.8, 4) is 0 Å². The van der Waals surface area contributed by atoms with Crippen LogP contribution in [0.3, 0.4) is 0 Å². The number of carbonyl (C=O) groups excluding carboxylic acids is 4. The molecule has 1 saturated heterocycles. The number of carbonyl (C=O) groups is 4. The van der Waals surface area contributed by atoms with E-state index >= 15 is 0 Å². The van der Waals surface area contributed by atoms with Crippen LogP contribution in [-0.2, 0) is 30.3 Å². The highest BCUT2D eigenvalue weighted by molar-refractivity contribution is 6.04. The molecule has 2 fully saturated rings. The molecule has 0 aromatic heterocycles. The van der Waals surface area contributed by atoms with Gasteiger partial charge >= 0.3 is 24.2 Å². The lowest BCUT2D eigenvalue weighted by molar-refractivity contribution is -0.173. The van der Waals surface area contributed by atoms with E-state index in [1.165, 1.54) is 6.92 Å². The van der Waals surface area contributed by atoms with Crippen LogP contribution in [0.15, 0.2) is 54.6 Å². The first kappa shape index (κ1) is 33.1. The van der Waals surface area contributed by atoms with Gasteiger partial charge in [0.2, 0.25) is 6.29 Å². The van der Waals surface area contributed by atoms with Crippen LogP contribution in [0, 0.1) is 11.3 Å². The number of nitrogens with one attached hydrogen (secondary N) is 3. The highest BCUT2D eigenvalue weighted by atomic mass is 16.8. The number of urea groups is 1. The van der Waals surface area contributed by atoms with E-state index in [2.05, 4.69) is 20.3 Å². The predicted octanol–water partition coefficient (Wildman–Crippen LogP) is 4.39. The third-order valence-electron chi connectivity index (χ3n) is 7.72. The van der Waals surface area contributed by atoms with Gasteiger partial charge in [0.15, 0.2) is 0 Å². The van der Waals surface area contributed by atoms with Crippen LogP contribution in [-0.4, -0.2) is 80.1 Å². The van der Waals surface area contributed by atoms with Gasteiger partial charge in [0.05, 0.1) is 12.5 Å². The number of piperazine rings is 1. The van der Waals surface area contributed by atoms with Gasteiger partial charge < -0.3 is 34.1 Å². The summed E-state index contributed by atoms with van der Waals surface area (Å²) in [5.41, 5.74) is 2.38. The number of alkyl carbamates (subject to hydrolysis) is 1. The molecular weight excluding hydrogens is 582 g/mol. The minimum atomic E-state index is -1.03. The molecule has 3 N–H and O–H groups in total. The molecule has 1 unspecified atom stereocenters. The van der Waals surface area contributed by atoms with Crippen molar-refractivity contribution >= 4 is 35.8 Å². The van der Waals surface area contributed by atoms with E-state index in [4.69, 9.17) is 19.6 Å². The summed E-state index contributed by atoms with van der Waals surface area (Å²) in [4.78, 5) is 52.8. The van der Waals surface area contributed by atoms with Crippen LogP contribution in [0.5, 0.6) is 0 Å². The van der Waals surface area contributed by atoms with E-state index in [1.54, 1.807) is 24.0 Å². The van der Waals surface area contributed by atoms with Crippen molar-refractivity contribution in [2.24, 2.45) is 5.92 Å². The van der Waals surface area contributed by atoms with Crippen LogP contribution in [0.25, 0.3) is 0 Å². The molecular formula is C32H41N5O8. The average molecular weight is 624 g/mol. The van der Waals surface area contributed by atoms with Crippen molar-refractivity contribution in [1.29, 1.82) is 5.41 Å². The number of benzene rings is 2. The minimum Gasteiger partial charge on any atom is -0.444 e. The Labute approximate surface area is 262 Å². The molecule has 13 heteroatoms. The highest BCUT2D eigenvalue weighted by Gasteiger charge is 2.31. The maximum Gasteiger partial charge on any atom is 0.511 e. The zero-order valence-corrected chi connectivity index (χ0v) is 25.7. The Morgan fingerprint density at radius 3 is 2.20 bits per heavy atom. The first-order chi connectivity index (χ1) is 21.7. The summed E-state index contributed by atoms with van der Waals surface area (Å²) in [6, 6.07) is 16.5. The third-order valence-corrected chi connectivity index (χ3v) is 7.72. The zero-order chi connectivity index (χ0) is 32.2. The summed E-state index contributed by atoms with van der Waals surface area (Å²) in [5, 5.41) is 13.8. The fourth-order valence-electron chi connectivity index (χ4n) is 5.25. The van der Waals surface area contributed by atoms with E-state index in [0.29, 0.717) is 57.4 Å². The molecule has 3 amide bonds. The number of nitrogens with zero attached hydrogens (tertiary/aromatic N) is 2. The number of amides is 3. The van der Waals surface area contributed by atoms with Crippen molar-refractivity contribution in [1.82, 2.24) is 15.5 Å². The van der Waals surface area contributed by atoms with E-state index in [0.717, 1.165) is 11.3 Å². The van der Waals surface area contributed by atoms with E-state index in [1.807, 2.05) is 42.5 Å². The Kier molecular flexibility index (Phi) is 12.0. The monoisotopic (exact) mass is 623 g/mol. The molecule has 2 aromatic rings. The molecule has 13 nitrogen and oxygen atoms in total. The lowest BCUT2D eigenvalue weighted by atomic mass is 9.86. The summed E-state index contributed by atoms with van der Waals surface area (Å²) < 4.78 is 20.0. The molecule has 1 saturated carbocycles. The fraction of sp³-hybridized carbons (Fsp3) is 0.469. The van der Waals surface area contributed by atoms with Gasteiger partial charge in [0.1, 0.15) is 12.4 Å². The summed E-state index contributed by atoms with van der Waals surface area (Å²) in [6.07, 6.45) is -0.155. The first-order valence-electron chi connectivity index (χ1n) is 15.2. The standard InChI is InChI=1S/C32H41N5O8/c1-3-42-32(41)45-22(2)44-29(38)25-9-13-26(14-10-25)34-30(39)37-19-17-36(18-20-37)27-15-11-24(12-16-27)28(33)35-31(40)43-21-23-7-5-4-6-8-23/h4-8,11-12,15-16,22,25-26H,3,9-10,13-14,17-21H2,1-2H3,(H,34,39)(H2,33,35,40)/t22?,25-,26-. The molecule has 45 heavy (non-hydrogen) atoms. The topological polar surface area (TPSA) is 160 Å². The smallest absolute Gasteiger partial charge is 0.444 e. The highest BCUT2D eigenvalue weighted by Crippen LogP contribution is 2.26. The Hall–Kier alpha value is -4.81. The fourth-order valence-corrected chi connectivity index (χ4v) is 5.25. The predicted molar refractivity (Wildman–Crippen MR) is 165 cm³/mol. The van der Waals surface area contributed by atoms with Crippen LogP contribution in [0.4, 0.5) is 20.1 Å². The van der Waals surface area contributed by atoms with Gasteiger partial charge in [-0.05, 0) is 62.4 Å². The largest absolute Gasteiger partial charge is 0.511 e. The van der Waals surface area contributed by atoms with Gasteiger partial charge in [-0.15, -0.1) is 0 Å². The van der Waals surface area contributed by atoms with Gasteiger partial charge in [-0.2, -0.15) is 0 Å². The molecule has 0 bridgehead atoms. The molecule has 0 spiro atoms. The molecule has 4 rings (SSSR count). The third kappa shape index (κ3) is 10.1. The van der Waals surface area contributed by atoms with Crippen molar-refractivity contribution in [3.05, 3.63) is 65.7 Å². The minimum absolute atomic E-state index is 0.0279. The number of ether oxygens (including phenoxy) is 4. The normalized spacial score (nSPS) is 18.6. The van der Waals surface area contributed by atoms with Crippen LogP contribution in [0.2, 0.25) is 0 Å². The second-order valence-corrected chi connectivity index (χ2v) is 10.9. The maximum absolute atomic E-state index is 12.9. The van der Waals surface area contributed by atoms with Gasteiger partial charge in [0.25, 0.3) is 0 Å². The number of anilines is 1. The lowest BCUT2D eigenvalue weighted by Gasteiger charge is -2.37. The number of hydrogen-bond donors (Lipinski definition) is 3. The van der Waals surface area contributed by atoms with Crippen molar-refractivity contribution in [2.45, 2.75) is 58.5 Å². The Morgan fingerprint density at radius 2 is 1.56 bits per heavy atom. The molecule has 242 valence electrons. The van der Waals surface area contributed by atoms with Crippen molar-refractivity contribution in [3.63, 3.8) is 0 Å². The second kappa shape index (κ2) is 16.3. The second-order valence-electron chi connectivity index (χ2n) is 10.9. The van der Waals surface area contributed by atoms with Crippen LogP contribution >= 0.6 is 0 Å². The van der Waals surface area contributed by atoms with Crippen molar-refractivity contribution < 1.29 is 38.1 Å². The van der Waals surface area contributed by atoms with Gasteiger partial charge in [-0.1, -0.05) is 30.3 Å².